The van der Waals surface area contributed by atoms with Gasteiger partial charge in [0.15, 0.2) is 16.2 Å². The second kappa shape index (κ2) is 6.46. The lowest BCUT2D eigenvalue weighted by molar-refractivity contribution is -0.706. The predicted molar refractivity (Wildman–Crippen MR) is 124 cm³/mol. The van der Waals surface area contributed by atoms with Crippen LogP contribution >= 0.6 is 0 Å². The maximum Gasteiger partial charge on any atom is 0.295 e. The van der Waals surface area contributed by atoms with Gasteiger partial charge in [-0.1, -0.05) is 72.8 Å². The summed E-state index contributed by atoms with van der Waals surface area (Å²) in [6.45, 7) is 0. The van der Waals surface area contributed by atoms with Gasteiger partial charge in [0.1, 0.15) is 5.21 Å². The van der Waals surface area contributed by atoms with Crippen LogP contribution in [0.5, 0.6) is 0 Å². The first-order chi connectivity index (χ1) is 16.2. The molecule has 0 aliphatic heterocycles. The van der Waals surface area contributed by atoms with E-state index >= 15 is 0 Å². The Hall–Kier alpha value is -4.59. The van der Waals surface area contributed by atoms with Crippen molar-refractivity contribution in [1.29, 1.82) is 0 Å². The molecule has 0 saturated heterocycles. The van der Waals surface area contributed by atoms with Gasteiger partial charge >= 0.3 is 0 Å². The summed E-state index contributed by atoms with van der Waals surface area (Å²) in [5.74, 6) is 0. The van der Waals surface area contributed by atoms with Crippen LogP contribution in [0.3, 0.4) is 0 Å². The fourth-order valence-corrected chi connectivity index (χ4v) is 4.99. The van der Waals surface area contributed by atoms with Gasteiger partial charge in [0.05, 0.1) is 23.7 Å². The van der Waals surface area contributed by atoms with Gasteiger partial charge in [-0.3, -0.25) is 0 Å². The maximum absolute atomic E-state index is 4.54. The number of benzene rings is 3. The molecule has 158 valence electrons. The lowest BCUT2D eigenvalue weighted by atomic mass is 9.98. The van der Waals surface area contributed by atoms with E-state index in [2.05, 4.69) is 93.6 Å². The van der Waals surface area contributed by atoms with Gasteiger partial charge in [0.25, 0.3) is 5.65 Å². The molecular weight excluding hydrogens is 412 g/mol. The third-order valence-electron chi connectivity index (χ3n) is 6.35. The molecule has 0 amide bonds. The summed E-state index contributed by atoms with van der Waals surface area (Å²) in [6.07, 6.45) is 0. The SMILES string of the molecule is Cn1nnn2c(C(c3ccccc3)=c3c4ccccc4c4n3nn[n+]4C)c3ccccc3c12. The van der Waals surface area contributed by atoms with Gasteiger partial charge in [0, 0.05) is 23.2 Å². The summed E-state index contributed by atoms with van der Waals surface area (Å²) in [5, 5.41) is 23.1. The molecule has 3 aromatic carbocycles. The van der Waals surface area contributed by atoms with E-state index in [0.29, 0.717) is 0 Å². The largest absolute Gasteiger partial charge is 0.295 e. The highest BCUT2D eigenvalue weighted by atomic mass is 15.6. The highest BCUT2D eigenvalue weighted by molar-refractivity contribution is 6.06. The van der Waals surface area contributed by atoms with Crippen LogP contribution in [0.25, 0.3) is 38.4 Å². The van der Waals surface area contributed by atoms with Crippen LogP contribution in [0, 0.1) is 0 Å². The Bertz CT molecular complexity index is 1890. The normalized spacial score (nSPS) is 13.0. The van der Waals surface area contributed by atoms with E-state index in [9.17, 15) is 0 Å². The fraction of sp³-hybridized carbons (Fsp3) is 0.0800. The van der Waals surface area contributed by atoms with E-state index in [0.717, 1.165) is 55.0 Å². The average Bonchev–Trinajstić information content (AvgIpc) is 3.58. The van der Waals surface area contributed by atoms with Crippen LogP contribution in [0.1, 0.15) is 11.3 Å². The van der Waals surface area contributed by atoms with Gasteiger partial charge in [0.2, 0.25) is 0 Å². The molecule has 7 rings (SSSR count). The first-order valence-corrected chi connectivity index (χ1v) is 10.8. The zero-order chi connectivity index (χ0) is 22.1. The topological polar surface area (TPSA) is 69.2 Å². The van der Waals surface area contributed by atoms with Crippen molar-refractivity contribution in [1.82, 2.24) is 34.6 Å². The zero-order valence-electron chi connectivity index (χ0n) is 18.1. The van der Waals surface area contributed by atoms with E-state index in [1.54, 1.807) is 0 Å². The summed E-state index contributed by atoms with van der Waals surface area (Å²) in [6, 6.07) is 27.2. The van der Waals surface area contributed by atoms with Crippen LogP contribution in [0.4, 0.5) is 0 Å². The number of aryl methyl sites for hydroxylation is 2. The van der Waals surface area contributed by atoms with Crippen LogP contribution in [0.2, 0.25) is 0 Å². The van der Waals surface area contributed by atoms with Gasteiger partial charge in [-0.15, -0.1) is 4.68 Å². The number of fused-ring (bicyclic) bond motifs is 6. The Balaban J connectivity index is 1.83. The molecule has 0 spiro atoms. The summed E-state index contributed by atoms with van der Waals surface area (Å²) in [4.78, 5) is 0. The lowest BCUT2D eigenvalue weighted by Crippen LogP contribution is -2.30. The molecular formula is C25H19N8+. The van der Waals surface area contributed by atoms with E-state index < -0.39 is 0 Å². The standard InChI is InChI=1S/C25H19N8/c1-30-24-19-14-8-6-12-17(19)22(32(24)28-26-30)21(16-10-4-3-5-11-16)23-18-13-7-9-15-20(18)25-31(2)27-29-33(23)25/h3-15H,1-2H3/q+1. The Morgan fingerprint density at radius 3 is 2.15 bits per heavy atom. The molecule has 0 fully saturated rings. The molecule has 4 aromatic heterocycles. The van der Waals surface area contributed by atoms with Crippen LogP contribution < -0.4 is 10.0 Å². The molecule has 0 atom stereocenters. The molecule has 33 heavy (non-hydrogen) atoms. The number of nitrogens with zero attached hydrogens (tertiary/aromatic N) is 8. The number of aromatic nitrogens is 8. The molecule has 0 bridgehead atoms. The second-order valence-corrected chi connectivity index (χ2v) is 8.21. The van der Waals surface area contributed by atoms with Crippen LogP contribution in [-0.4, -0.2) is 34.6 Å². The summed E-state index contributed by atoms with van der Waals surface area (Å²) in [5.41, 5.74) is 4.99. The average molecular weight is 431 g/mol. The fourth-order valence-electron chi connectivity index (χ4n) is 4.99. The van der Waals surface area contributed by atoms with Gasteiger partial charge in [-0.2, -0.15) is 4.52 Å². The molecule has 0 radical (unpaired) electrons. The van der Waals surface area contributed by atoms with Crippen molar-refractivity contribution in [3.8, 4) is 0 Å². The summed E-state index contributed by atoms with van der Waals surface area (Å²) in [7, 11) is 3.85. The Morgan fingerprint density at radius 2 is 1.36 bits per heavy atom. The number of rotatable bonds is 2. The number of tetrazole rings is 2. The first-order valence-electron chi connectivity index (χ1n) is 10.8. The van der Waals surface area contributed by atoms with E-state index in [4.69, 9.17) is 0 Å². The van der Waals surface area contributed by atoms with E-state index in [1.165, 1.54) is 0 Å². The molecule has 8 nitrogen and oxygen atoms in total. The minimum absolute atomic E-state index is 0.949. The number of hydrogen-bond donors (Lipinski definition) is 0. The van der Waals surface area contributed by atoms with Crippen LogP contribution in [-0.2, 0) is 14.1 Å². The number of hydrogen-bond acceptors (Lipinski definition) is 4. The first kappa shape index (κ1) is 18.0. The minimum Gasteiger partial charge on any atom is -0.230 e. The van der Waals surface area contributed by atoms with Crippen molar-refractivity contribution in [3.05, 3.63) is 95.5 Å². The quantitative estimate of drug-likeness (QED) is 0.394. The summed E-state index contributed by atoms with van der Waals surface area (Å²) < 4.78 is 7.53. The van der Waals surface area contributed by atoms with Gasteiger partial charge in [-0.25, -0.2) is 4.68 Å². The van der Waals surface area contributed by atoms with Crippen molar-refractivity contribution in [3.63, 3.8) is 0 Å². The third kappa shape index (κ3) is 2.32. The molecule has 0 aliphatic rings. The van der Waals surface area contributed by atoms with Crippen molar-refractivity contribution >= 4 is 38.4 Å². The predicted octanol–water partition coefficient (Wildman–Crippen LogP) is 2.21. The van der Waals surface area contributed by atoms with E-state index in [-0.39, 0.29) is 0 Å². The van der Waals surface area contributed by atoms with Crippen molar-refractivity contribution in [2.45, 2.75) is 0 Å². The van der Waals surface area contributed by atoms with Crippen molar-refractivity contribution in [2.24, 2.45) is 14.1 Å². The maximum atomic E-state index is 4.54. The Morgan fingerprint density at radius 1 is 0.697 bits per heavy atom. The summed E-state index contributed by atoms with van der Waals surface area (Å²) >= 11 is 0. The van der Waals surface area contributed by atoms with Crippen molar-refractivity contribution in [2.75, 3.05) is 0 Å². The third-order valence-corrected chi connectivity index (χ3v) is 6.35. The highest BCUT2D eigenvalue weighted by Crippen LogP contribution is 2.33. The highest BCUT2D eigenvalue weighted by Gasteiger charge is 2.27. The minimum atomic E-state index is 0.949. The Kier molecular flexibility index (Phi) is 3.53. The second-order valence-electron chi connectivity index (χ2n) is 8.21. The molecule has 0 saturated carbocycles. The lowest BCUT2D eigenvalue weighted by Gasteiger charge is -2.07. The van der Waals surface area contributed by atoms with Crippen molar-refractivity contribution < 1.29 is 4.68 Å². The zero-order valence-corrected chi connectivity index (χ0v) is 18.1. The van der Waals surface area contributed by atoms with Gasteiger partial charge < -0.3 is 0 Å². The molecule has 0 unspecified atom stereocenters. The molecule has 0 aliphatic carbocycles. The Labute approximate surface area is 187 Å². The molecule has 0 N–H and O–H groups in total. The molecule has 4 heterocycles. The monoisotopic (exact) mass is 431 g/mol. The van der Waals surface area contributed by atoms with Crippen LogP contribution in [0.15, 0.2) is 78.9 Å². The molecule has 7 aromatic rings. The van der Waals surface area contributed by atoms with E-state index in [1.807, 2.05) is 38.6 Å². The smallest absolute Gasteiger partial charge is 0.230 e. The van der Waals surface area contributed by atoms with Gasteiger partial charge in [-0.05, 0) is 26.6 Å². The molecule has 8 heteroatoms.